The van der Waals surface area contributed by atoms with E-state index in [9.17, 15) is 4.79 Å². The second-order valence-electron chi connectivity index (χ2n) is 4.58. The van der Waals surface area contributed by atoms with Crippen molar-refractivity contribution in [2.75, 3.05) is 5.43 Å². The predicted molar refractivity (Wildman–Crippen MR) is 90.3 cm³/mol. The average molecular weight is 326 g/mol. The van der Waals surface area contributed by atoms with Gasteiger partial charge in [0.1, 0.15) is 10.7 Å². The summed E-state index contributed by atoms with van der Waals surface area (Å²) in [4.78, 5) is 16.2. The Morgan fingerprint density at radius 2 is 1.87 bits per heavy atom. The second-order valence-corrected chi connectivity index (χ2v) is 4.95. The van der Waals surface area contributed by atoms with E-state index in [0.717, 1.165) is 5.56 Å². The fraction of sp³-hybridized carbons (Fsp3) is 0. The van der Waals surface area contributed by atoms with Crippen molar-refractivity contribution in [3.63, 3.8) is 0 Å². The highest BCUT2D eigenvalue weighted by atomic mass is 35.5. The summed E-state index contributed by atoms with van der Waals surface area (Å²) >= 11 is 6.11. The number of hydrogen-bond donors (Lipinski definition) is 1. The summed E-state index contributed by atoms with van der Waals surface area (Å²) in [7, 11) is 0. The molecule has 0 atom stereocenters. The topological polar surface area (TPSA) is 72.2 Å². The molecule has 0 saturated heterocycles. The molecule has 1 N–H and O–H groups in total. The van der Waals surface area contributed by atoms with Gasteiger partial charge in [0, 0.05) is 12.4 Å². The third-order valence-corrected chi connectivity index (χ3v) is 3.39. The van der Waals surface area contributed by atoms with Crippen molar-refractivity contribution in [1.82, 2.24) is 14.8 Å². The number of hydrogen-bond acceptors (Lipinski definition) is 5. The van der Waals surface area contributed by atoms with E-state index in [-0.39, 0.29) is 5.02 Å². The molecule has 6 nitrogen and oxygen atoms in total. The maximum Gasteiger partial charge on any atom is 0.292 e. The van der Waals surface area contributed by atoms with Crippen LogP contribution in [0.1, 0.15) is 5.56 Å². The Labute approximate surface area is 137 Å². The Balaban J connectivity index is 1.84. The summed E-state index contributed by atoms with van der Waals surface area (Å²) in [6.45, 7) is 0. The molecule has 0 amide bonds. The van der Waals surface area contributed by atoms with Crippen molar-refractivity contribution in [1.29, 1.82) is 0 Å². The highest BCUT2D eigenvalue weighted by Gasteiger charge is 2.09. The molecule has 2 heterocycles. The molecular formula is C16H12ClN5O. The van der Waals surface area contributed by atoms with Crippen molar-refractivity contribution in [3.8, 4) is 5.69 Å². The molecule has 0 unspecified atom stereocenters. The van der Waals surface area contributed by atoms with E-state index in [1.807, 2.05) is 18.2 Å². The summed E-state index contributed by atoms with van der Waals surface area (Å²) < 4.78 is 1.24. The van der Waals surface area contributed by atoms with Crippen LogP contribution in [0.3, 0.4) is 0 Å². The van der Waals surface area contributed by atoms with Crippen LogP contribution >= 0.6 is 11.6 Å². The van der Waals surface area contributed by atoms with Gasteiger partial charge in [-0.15, -0.1) is 0 Å². The molecule has 3 rings (SSSR count). The molecule has 0 radical (unpaired) electrons. The van der Waals surface area contributed by atoms with Crippen molar-refractivity contribution in [2.24, 2.45) is 5.10 Å². The number of nitrogens with zero attached hydrogens (tertiary/aromatic N) is 4. The van der Waals surface area contributed by atoms with Gasteiger partial charge in [-0.05, 0) is 29.8 Å². The van der Waals surface area contributed by atoms with E-state index in [4.69, 9.17) is 11.6 Å². The van der Waals surface area contributed by atoms with Gasteiger partial charge in [0.05, 0.1) is 18.1 Å². The first-order chi connectivity index (χ1) is 11.3. The van der Waals surface area contributed by atoms with E-state index in [1.165, 1.54) is 10.9 Å². The fourth-order valence-electron chi connectivity index (χ4n) is 1.89. The quantitative estimate of drug-likeness (QED) is 0.591. The lowest BCUT2D eigenvalue weighted by atomic mass is 10.3. The molecule has 114 valence electrons. The Hall–Kier alpha value is -2.99. The van der Waals surface area contributed by atoms with Crippen LogP contribution in [0.25, 0.3) is 5.69 Å². The Morgan fingerprint density at radius 3 is 2.61 bits per heavy atom. The minimum Gasteiger partial charge on any atom is -0.275 e. The Kier molecular flexibility index (Phi) is 4.44. The molecular weight excluding hydrogens is 314 g/mol. The number of pyridine rings is 1. The molecule has 2 aromatic heterocycles. The first kappa shape index (κ1) is 14.9. The van der Waals surface area contributed by atoms with Crippen LogP contribution in [0, 0.1) is 0 Å². The minimum absolute atomic E-state index is 0.0238. The molecule has 0 spiro atoms. The number of aromatic nitrogens is 3. The van der Waals surface area contributed by atoms with Gasteiger partial charge in [-0.1, -0.05) is 29.8 Å². The van der Waals surface area contributed by atoms with Crippen LogP contribution < -0.4 is 11.0 Å². The Morgan fingerprint density at radius 1 is 1.13 bits per heavy atom. The van der Waals surface area contributed by atoms with Crippen LogP contribution in [0.4, 0.5) is 5.69 Å². The summed E-state index contributed by atoms with van der Waals surface area (Å²) in [5, 5.41) is 8.17. The van der Waals surface area contributed by atoms with Crippen molar-refractivity contribution >= 4 is 23.5 Å². The molecule has 3 aromatic rings. The zero-order chi connectivity index (χ0) is 16.1. The SMILES string of the molecule is O=c1c(Cl)c(N/N=C/c2ccncc2)cnn1-c1ccccc1. The monoisotopic (exact) mass is 325 g/mol. The third kappa shape index (κ3) is 3.44. The summed E-state index contributed by atoms with van der Waals surface area (Å²) in [5.41, 5.74) is 4.16. The molecule has 23 heavy (non-hydrogen) atoms. The lowest BCUT2D eigenvalue weighted by Gasteiger charge is -2.07. The normalized spacial score (nSPS) is 10.8. The van der Waals surface area contributed by atoms with Crippen molar-refractivity contribution in [2.45, 2.75) is 0 Å². The van der Waals surface area contributed by atoms with Crippen molar-refractivity contribution < 1.29 is 0 Å². The summed E-state index contributed by atoms with van der Waals surface area (Å²) in [6, 6.07) is 12.7. The number of nitrogens with one attached hydrogen (secondary N) is 1. The number of halogens is 1. The van der Waals surface area contributed by atoms with Gasteiger partial charge in [0.15, 0.2) is 0 Å². The van der Waals surface area contributed by atoms with Crippen LogP contribution in [0.15, 0.2) is 71.0 Å². The summed E-state index contributed by atoms with van der Waals surface area (Å²) in [6.07, 6.45) is 6.38. The third-order valence-electron chi connectivity index (χ3n) is 3.02. The first-order valence-corrected chi connectivity index (χ1v) is 7.16. The summed E-state index contributed by atoms with van der Waals surface area (Å²) in [5.74, 6) is 0. The number of benzene rings is 1. The largest absolute Gasteiger partial charge is 0.292 e. The lowest BCUT2D eigenvalue weighted by molar-refractivity contribution is 0.808. The van der Waals surface area contributed by atoms with E-state index < -0.39 is 5.56 Å². The van der Waals surface area contributed by atoms with Crippen LogP contribution in [-0.4, -0.2) is 21.0 Å². The second kappa shape index (κ2) is 6.85. The molecule has 0 aliphatic carbocycles. The van der Waals surface area contributed by atoms with Gasteiger partial charge in [-0.25, -0.2) is 0 Å². The minimum atomic E-state index is -0.415. The zero-order valence-corrected chi connectivity index (χ0v) is 12.7. The van der Waals surface area contributed by atoms with Gasteiger partial charge in [0.25, 0.3) is 5.56 Å². The predicted octanol–water partition coefficient (Wildman–Crippen LogP) is 2.73. The van der Waals surface area contributed by atoms with Crippen LogP contribution in [0.5, 0.6) is 0 Å². The smallest absolute Gasteiger partial charge is 0.275 e. The number of para-hydroxylation sites is 1. The van der Waals surface area contributed by atoms with Gasteiger partial charge < -0.3 is 0 Å². The highest BCUT2D eigenvalue weighted by Crippen LogP contribution is 2.16. The standard InChI is InChI=1S/C16H12ClN5O/c17-15-14(21-19-10-12-6-8-18-9-7-12)11-20-22(16(15)23)13-4-2-1-3-5-13/h1-11,21H/b19-10+. The highest BCUT2D eigenvalue weighted by molar-refractivity contribution is 6.32. The van der Waals surface area contributed by atoms with Crippen LogP contribution in [-0.2, 0) is 0 Å². The molecule has 1 aromatic carbocycles. The number of anilines is 1. The van der Waals surface area contributed by atoms with E-state index >= 15 is 0 Å². The first-order valence-electron chi connectivity index (χ1n) is 6.78. The van der Waals surface area contributed by atoms with Gasteiger partial charge >= 0.3 is 0 Å². The Bertz CT molecular complexity index is 878. The van der Waals surface area contributed by atoms with Gasteiger partial charge in [-0.2, -0.15) is 14.9 Å². The molecule has 7 heteroatoms. The van der Waals surface area contributed by atoms with Gasteiger partial charge in [-0.3, -0.25) is 15.2 Å². The van der Waals surface area contributed by atoms with Crippen molar-refractivity contribution in [3.05, 3.63) is 82.0 Å². The maximum atomic E-state index is 12.3. The van der Waals surface area contributed by atoms with E-state index in [0.29, 0.717) is 11.4 Å². The van der Waals surface area contributed by atoms with Gasteiger partial charge in [0.2, 0.25) is 0 Å². The molecule has 0 fully saturated rings. The molecule has 0 aliphatic heterocycles. The average Bonchev–Trinajstić information content (AvgIpc) is 2.60. The fourth-order valence-corrected chi connectivity index (χ4v) is 2.06. The number of hydrazone groups is 1. The zero-order valence-electron chi connectivity index (χ0n) is 11.9. The van der Waals surface area contributed by atoms with Crippen LogP contribution in [0.2, 0.25) is 5.02 Å². The molecule has 0 bridgehead atoms. The molecule has 0 aliphatic rings. The molecule has 0 saturated carbocycles. The van der Waals surface area contributed by atoms with E-state index in [2.05, 4.69) is 20.6 Å². The number of rotatable bonds is 4. The lowest BCUT2D eigenvalue weighted by Crippen LogP contribution is -2.22. The maximum absolute atomic E-state index is 12.3. The van der Waals surface area contributed by atoms with E-state index in [1.54, 1.807) is 42.9 Å².